The summed E-state index contributed by atoms with van der Waals surface area (Å²) in [6, 6.07) is 16.2. The van der Waals surface area contributed by atoms with Crippen LogP contribution in [0.15, 0.2) is 63.9 Å². The molecule has 3 heterocycles. The van der Waals surface area contributed by atoms with Gasteiger partial charge in [-0.2, -0.15) is 8.42 Å². The van der Waals surface area contributed by atoms with Crippen molar-refractivity contribution in [3.8, 4) is 0 Å². The van der Waals surface area contributed by atoms with Gasteiger partial charge in [0.25, 0.3) is 10.0 Å². The Kier molecular flexibility index (Phi) is 4.77. The maximum atomic E-state index is 13.1. The molecule has 2 aromatic rings. The zero-order chi connectivity index (χ0) is 21.6. The average molecular weight is 439 g/mol. The molecule has 0 saturated carbocycles. The van der Waals surface area contributed by atoms with Crippen molar-refractivity contribution in [1.82, 2.24) is 9.80 Å². The van der Waals surface area contributed by atoms with Crippen LogP contribution in [0.5, 0.6) is 0 Å². The van der Waals surface area contributed by atoms with Crippen molar-refractivity contribution in [3.05, 3.63) is 60.2 Å². The normalized spacial score (nSPS) is 22.5. The number of benzene rings is 2. The number of carbonyl (C=O) groups is 2. The van der Waals surface area contributed by atoms with Gasteiger partial charge in [0.15, 0.2) is 5.84 Å². The Labute approximate surface area is 180 Å². The van der Waals surface area contributed by atoms with Gasteiger partial charge in [0.2, 0.25) is 11.8 Å². The summed E-state index contributed by atoms with van der Waals surface area (Å²) in [5.41, 5.74) is 1.42. The van der Waals surface area contributed by atoms with Crippen LogP contribution in [-0.4, -0.2) is 68.6 Å². The second-order valence-corrected chi connectivity index (χ2v) is 9.51. The van der Waals surface area contributed by atoms with Gasteiger partial charge in [-0.05, 0) is 24.3 Å². The number of fused-ring (bicyclic) bond motifs is 1. The van der Waals surface area contributed by atoms with Gasteiger partial charge < -0.3 is 14.7 Å². The predicted molar refractivity (Wildman–Crippen MR) is 115 cm³/mol. The minimum absolute atomic E-state index is 0.0205. The third kappa shape index (κ3) is 3.48. The molecule has 9 heteroatoms. The van der Waals surface area contributed by atoms with Gasteiger partial charge in [-0.25, -0.2) is 0 Å². The highest BCUT2D eigenvalue weighted by Gasteiger charge is 2.39. The summed E-state index contributed by atoms with van der Waals surface area (Å²) in [6.07, 6.45) is 0.215. The molecule has 0 radical (unpaired) electrons. The van der Waals surface area contributed by atoms with E-state index >= 15 is 0 Å². The quantitative estimate of drug-likeness (QED) is 0.706. The molecule has 0 unspecified atom stereocenters. The molecule has 3 aliphatic heterocycles. The Hall–Kier alpha value is -3.20. The fraction of sp³-hybridized carbons (Fsp3) is 0.318. The van der Waals surface area contributed by atoms with Gasteiger partial charge in [-0.1, -0.05) is 30.3 Å². The van der Waals surface area contributed by atoms with E-state index in [-0.39, 0.29) is 29.0 Å². The van der Waals surface area contributed by atoms with E-state index < -0.39 is 10.0 Å². The van der Waals surface area contributed by atoms with Crippen molar-refractivity contribution >= 4 is 33.4 Å². The lowest BCUT2D eigenvalue weighted by molar-refractivity contribution is -0.137. The van der Waals surface area contributed by atoms with Gasteiger partial charge in [0.1, 0.15) is 4.90 Å². The maximum absolute atomic E-state index is 13.1. The van der Waals surface area contributed by atoms with Crippen molar-refractivity contribution in [1.29, 1.82) is 0 Å². The summed E-state index contributed by atoms with van der Waals surface area (Å²) < 4.78 is 28.6. The number of hydrogen-bond acceptors (Lipinski definition) is 5. The van der Waals surface area contributed by atoms with Gasteiger partial charge in [-0.3, -0.25) is 9.59 Å². The first kappa shape index (κ1) is 19.7. The standard InChI is InChI=1S/C22H22N4O4S/c27-20-14-16(15-26(20)17-6-2-1-3-7-17)22(28)25-12-10-24(11-13-25)21-18-8-4-5-9-19(18)31(29,30)23-21/h1-9,16H,10-15H2/t16-/m1/s1. The second kappa shape index (κ2) is 7.49. The first-order valence-corrected chi connectivity index (χ1v) is 11.7. The molecular formula is C22H22N4O4S. The highest BCUT2D eigenvalue weighted by Crippen LogP contribution is 2.29. The van der Waals surface area contributed by atoms with E-state index in [2.05, 4.69) is 4.40 Å². The lowest BCUT2D eigenvalue weighted by atomic mass is 10.1. The summed E-state index contributed by atoms with van der Waals surface area (Å²) in [7, 11) is -3.66. The molecule has 5 rings (SSSR count). The number of piperazine rings is 1. The third-order valence-electron chi connectivity index (χ3n) is 6.05. The maximum Gasteiger partial charge on any atom is 0.285 e. The molecule has 2 amide bonds. The van der Waals surface area contributed by atoms with Crippen molar-refractivity contribution in [3.63, 3.8) is 0 Å². The smallest absolute Gasteiger partial charge is 0.285 e. The largest absolute Gasteiger partial charge is 0.352 e. The number of hydrogen-bond donors (Lipinski definition) is 0. The minimum Gasteiger partial charge on any atom is -0.352 e. The highest BCUT2D eigenvalue weighted by molar-refractivity contribution is 7.90. The third-order valence-corrected chi connectivity index (χ3v) is 7.37. The van der Waals surface area contributed by atoms with Crippen molar-refractivity contribution < 1.29 is 18.0 Å². The molecule has 0 aromatic heterocycles. The molecule has 3 aliphatic rings. The topological polar surface area (TPSA) is 90.4 Å². The lowest BCUT2D eigenvalue weighted by Crippen LogP contribution is -2.52. The zero-order valence-electron chi connectivity index (χ0n) is 16.8. The van der Waals surface area contributed by atoms with E-state index in [1.165, 1.54) is 0 Å². The molecule has 160 valence electrons. The van der Waals surface area contributed by atoms with E-state index in [0.717, 1.165) is 5.69 Å². The molecule has 0 bridgehead atoms. The van der Waals surface area contributed by atoms with E-state index in [1.54, 1.807) is 34.1 Å². The molecular weight excluding hydrogens is 416 g/mol. The molecule has 1 atom stereocenters. The molecule has 0 aliphatic carbocycles. The minimum atomic E-state index is -3.66. The fourth-order valence-electron chi connectivity index (χ4n) is 4.44. The average Bonchev–Trinajstić information content (AvgIpc) is 3.31. The van der Waals surface area contributed by atoms with Crippen LogP contribution in [0.1, 0.15) is 12.0 Å². The summed E-state index contributed by atoms with van der Waals surface area (Å²) in [5, 5.41) is 0. The fourth-order valence-corrected chi connectivity index (χ4v) is 5.67. The molecule has 2 saturated heterocycles. The van der Waals surface area contributed by atoms with E-state index in [0.29, 0.717) is 44.1 Å². The number of rotatable bonds is 2. The number of para-hydroxylation sites is 1. The number of amides is 2. The Bertz CT molecular complexity index is 1170. The van der Waals surface area contributed by atoms with Crippen LogP contribution in [0.3, 0.4) is 0 Å². The summed E-state index contributed by atoms with van der Waals surface area (Å²) in [4.78, 5) is 31.1. The Balaban J connectivity index is 1.25. The van der Waals surface area contributed by atoms with Crippen LogP contribution < -0.4 is 4.90 Å². The predicted octanol–water partition coefficient (Wildman–Crippen LogP) is 1.33. The van der Waals surface area contributed by atoms with Crippen molar-refractivity contribution in [2.24, 2.45) is 10.3 Å². The Morgan fingerprint density at radius 3 is 2.35 bits per heavy atom. The van der Waals surface area contributed by atoms with Crippen molar-refractivity contribution in [2.75, 3.05) is 37.6 Å². The Morgan fingerprint density at radius 1 is 0.935 bits per heavy atom. The van der Waals surface area contributed by atoms with Gasteiger partial charge in [0, 0.05) is 50.4 Å². The lowest BCUT2D eigenvalue weighted by Gasteiger charge is -2.36. The van der Waals surface area contributed by atoms with Crippen LogP contribution in [0.4, 0.5) is 5.69 Å². The monoisotopic (exact) mass is 438 g/mol. The van der Waals surface area contributed by atoms with Crippen LogP contribution in [-0.2, 0) is 19.6 Å². The van der Waals surface area contributed by atoms with E-state index in [1.807, 2.05) is 35.2 Å². The van der Waals surface area contributed by atoms with E-state index in [9.17, 15) is 18.0 Å². The van der Waals surface area contributed by atoms with Crippen LogP contribution in [0.2, 0.25) is 0 Å². The summed E-state index contributed by atoms with van der Waals surface area (Å²) >= 11 is 0. The number of carbonyl (C=O) groups excluding carboxylic acids is 2. The van der Waals surface area contributed by atoms with Gasteiger partial charge >= 0.3 is 0 Å². The highest BCUT2D eigenvalue weighted by atomic mass is 32.2. The summed E-state index contributed by atoms with van der Waals surface area (Å²) in [5.74, 6) is 0.0382. The first-order valence-electron chi connectivity index (χ1n) is 10.3. The molecule has 2 aromatic carbocycles. The van der Waals surface area contributed by atoms with Crippen LogP contribution in [0, 0.1) is 5.92 Å². The molecule has 2 fully saturated rings. The number of amidine groups is 1. The number of anilines is 1. The van der Waals surface area contributed by atoms with Gasteiger partial charge in [-0.15, -0.1) is 4.40 Å². The number of sulfonamides is 1. The van der Waals surface area contributed by atoms with E-state index in [4.69, 9.17) is 0 Å². The van der Waals surface area contributed by atoms with Crippen molar-refractivity contribution in [2.45, 2.75) is 11.3 Å². The first-order chi connectivity index (χ1) is 14.9. The van der Waals surface area contributed by atoms with Gasteiger partial charge in [0.05, 0.1) is 5.92 Å². The number of nitrogens with zero attached hydrogens (tertiary/aromatic N) is 4. The SMILES string of the molecule is O=C([C@@H]1CC(=O)N(c2ccccc2)C1)N1CCN(C2=NS(=O)(=O)c3ccccc32)CC1. The second-order valence-electron chi connectivity index (χ2n) is 7.94. The summed E-state index contributed by atoms with van der Waals surface area (Å²) in [6.45, 7) is 2.32. The van der Waals surface area contributed by atoms with Crippen LogP contribution >= 0.6 is 0 Å². The molecule has 31 heavy (non-hydrogen) atoms. The molecule has 0 spiro atoms. The van der Waals surface area contributed by atoms with Crippen LogP contribution in [0.25, 0.3) is 0 Å². The Morgan fingerprint density at radius 2 is 1.61 bits per heavy atom. The molecule has 8 nitrogen and oxygen atoms in total. The zero-order valence-corrected chi connectivity index (χ0v) is 17.7. The molecule has 0 N–H and O–H groups in total.